The topological polar surface area (TPSA) is 72.7 Å². The van der Waals surface area contributed by atoms with Crippen LogP contribution in [0.2, 0.25) is 5.02 Å². The largest absolute Gasteiger partial charge is 0.353 e. The van der Waals surface area contributed by atoms with Crippen LogP contribution in [0.3, 0.4) is 0 Å². The van der Waals surface area contributed by atoms with E-state index in [4.69, 9.17) is 11.6 Å². The van der Waals surface area contributed by atoms with Crippen molar-refractivity contribution in [3.05, 3.63) is 76.3 Å². The van der Waals surface area contributed by atoms with Gasteiger partial charge in [-0.05, 0) is 65.6 Å². The highest BCUT2D eigenvalue weighted by Crippen LogP contribution is 2.43. The molecule has 1 aromatic heterocycles. The lowest BCUT2D eigenvalue weighted by Gasteiger charge is -2.43. The van der Waals surface area contributed by atoms with E-state index in [0.29, 0.717) is 23.8 Å². The quantitative estimate of drug-likeness (QED) is 0.622. The molecular formula is C22H23ClFN5O. The molecule has 1 fully saturated rings. The number of halogens is 2. The highest BCUT2D eigenvalue weighted by molar-refractivity contribution is 6.30. The van der Waals surface area contributed by atoms with Crippen molar-refractivity contribution in [1.82, 2.24) is 25.5 Å². The Morgan fingerprint density at radius 1 is 1.20 bits per heavy atom. The summed E-state index contributed by atoms with van der Waals surface area (Å²) in [5.41, 5.74) is 1.95. The minimum absolute atomic E-state index is 0.0731. The molecule has 8 heteroatoms. The molecule has 0 bridgehead atoms. The number of carbonyl (C=O) groups is 1. The number of rotatable bonds is 7. The van der Waals surface area contributed by atoms with Gasteiger partial charge in [-0.1, -0.05) is 42.3 Å². The summed E-state index contributed by atoms with van der Waals surface area (Å²) in [4.78, 5) is 13.2. The molecule has 1 aliphatic carbocycles. The van der Waals surface area contributed by atoms with Gasteiger partial charge in [0.1, 0.15) is 17.7 Å². The van der Waals surface area contributed by atoms with E-state index in [1.54, 1.807) is 19.1 Å². The molecule has 0 saturated heterocycles. The summed E-state index contributed by atoms with van der Waals surface area (Å²) in [7, 11) is 0. The third kappa shape index (κ3) is 4.21. The first-order valence-corrected chi connectivity index (χ1v) is 10.4. The third-order valence-electron chi connectivity index (χ3n) is 5.97. The molecule has 1 atom stereocenters. The Labute approximate surface area is 179 Å². The Bertz CT molecular complexity index is 1010. The van der Waals surface area contributed by atoms with Gasteiger partial charge in [0.25, 0.3) is 0 Å². The Kier molecular flexibility index (Phi) is 5.81. The number of hydrogen-bond acceptors (Lipinski definition) is 4. The first-order chi connectivity index (χ1) is 14.5. The molecule has 2 aromatic carbocycles. The van der Waals surface area contributed by atoms with Gasteiger partial charge in [-0.2, -0.15) is 0 Å². The van der Waals surface area contributed by atoms with Crippen LogP contribution < -0.4 is 5.32 Å². The van der Waals surface area contributed by atoms with E-state index < -0.39 is 6.04 Å². The molecule has 1 saturated carbocycles. The molecule has 0 radical (unpaired) electrons. The van der Waals surface area contributed by atoms with Gasteiger partial charge in [-0.3, -0.25) is 4.79 Å². The summed E-state index contributed by atoms with van der Waals surface area (Å²) in [6, 6.07) is 13.4. The number of aryl methyl sites for hydroxylation is 1. The molecule has 1 N–H and O–H groups in total. The zero-order chi connectivity index (χ0) is 21.1. The second-order valence-electron chi connectivity index (χ2n) is 7.88. The molecule has 156 valence electrons. The normalized spacial score (nSPS) is 16.0. The minimum atomic E-state index is -0.618. The smallest absolute Gasteiger partial charge is 0.245 e. The van der Waals surface area contributed by atoms with Crippen molar-refractivity contribution in [2.75, 3.05) is 6.54 Å². The Balaban J connectivity index is 1.52. The number of benzene rings is 2. The van der Waals surface area contributed by atoms with Crippen LogP contribution in [0.15, 0.2) is 48.5 Å². The highest BCUT2D eigenvalue weighted by atomic mass is 35.5. The second kappa shape index (κ2) is 8.52. The fraction of sp³-hybridized carbons (Fsp3) is 0.364. The van der Waals surface area contributed by atoms with Crippen molar-refractivity contribution in [2.45, 2.75) is 44.1 Å². The minimum Gasteiger partial charge on any atom is -0.353 e. The van der Waals surface area contributed by atoms with Crippen LogP contribution in [0.5, 0.6) is 0 Å². The lowest BCUT2D eigenvalue weighted by atomic mass is 9.64. The molecule has 30 heavy (non-hydrogen) atoms. The first-order valence-electron chi connectivity index (χ1n) is 9.99. The molecule has 3 aromatic rings. The summed E-state index contributed by atoms with van der Waals surface area (Å²) >= 11 is 6.04. The number of carbonyl (C=O) groups excluding carboxylic acids is 1. The maximum atomic E-state index is 13.3. The predicted molar refractivity (Wildman–Crippen MR) is 112 cm³/mol. The maximum Gasteiger partial charge on any atom is 0.245 e. The summed E-state index contributed by atoms with van der Waals surface area (Å²) < 4.78 is 14.8. The van der Waals surface area contributed by atoms with E-state index in [9.17, 15) is 9.18 Å². The van der Waals surface area contributed by atoms with Crippen molar-refractivity contribution in [3.8, 4) is 0 Å². The van der Waals surface area contributed by atoms with Gasteiger partial charge < -0.3 is 5.32 Å². The van der Waals surface area contributed by atoms with Crippen LogP contribution in [0, 0.1) is 12.7 Å². The maximum absolute atomic E-state index is 13.3. The SMILES string of the molecule is Cc1nnnn1C(Cc1ccc(F)cc1)C(=O)NCC1(c2ccc(Cl)cc2)CCC1. The van der Waals surface area contributed by atoms with Gasteiger partial charge in [-0.25, -0.2) is 9.07 Å². The zero-order valence-electron chi connectivity index (χ0n) is 16.7. The van der Waals surface area contributed by atoms with Crippen LogP contribution in [0.4, 0.5) is 4.39 Å². The van der Waals surface area contributed by atoms with E-state index in [1.807, 2.05) is 24.3 Å². The van der Waals surface area contributed by atoms with Crippen molar-refractivity contribution in [1.29, 1.82) is 0 Å². The lowest BCUT2D eigenvalue weighted by Crippen LogP contribution is -2.47. The fourth-order valence-corrected chi connectivity index (χ4v) is 4.13. The number of nitrogens with zero attached hydrogens (tertiary/aromatic N) is 4. The molecule has 0 spiro atoms. The number of tetrazole rings is 1. The predicted octanol–water partition coefficient (Wildman–Crippen LogP) is 3.80. The van der Waals surface area contributed by atoms with Gasteiger partial charge in [0.05, 0.1) is 0 Å². The van der Waals surface area contributed by atoms with Crippen LogP contribution in [-0.2, 0) is 16.6 Å². The van der Waals surface area contributed by atoms with E-state index in [-0.39, 0.29) is 17.1 Å². The van der Waals surface area contributed by atoms with Gasteiger partial charge in [0, 0.05) is 23.4 Å². The van der Waals surface area contributed by atoms with Crippen LogP contribution in [0.25, 0.3) is 0 Å². The first kappa shape index (κ1) is 20.5. The van der Waals surface area contributed by atoms with Gasteiger partial charge in [0.15, 0.2) is 0 Å². The average Bonchev–Trinajstić information content (AvgIpc) is 3.13. The molecule has 0 aliphatic heterocycles. The molecule has 6 nitrogen and oxygen atoms in total. The van der Waals surface area contributed by atoms with E-state index in [0.717, 1.165) is 24.8 Å². The fourth-order valence-electron chi connectivity index (χ4n) is 4.01. The van der Waals surface area contributed by atoms with Crippen molar-refractivity contribution in [2.24, 2.45) is 0 Å². The summed E-state index contributed by atoms with van der Waals surface area (Å²) in [6.07, 6.45) is 3.53. The second-order valence-corrected chi connectivity index (χ2v) is 8.31. The summed E-state index contributed by atoms with van der Waals surface area (Å²) in [5.74, 6) is 0.0801. The highest BCUT2D eigenvalue weighted by Gasteiger charge is 2.39. The van der Waals surface area contributed by atoms with Crippen LogP contribution in [0.1, 0.15) is 42.3 Å². The Morgan fingerprint density at radius 3 is 2.47 bits per heavy atom. The molecule has 1 unspecified atom stereocenters. The summed E-state index contributed by atoms with van der Waals surface area (Å²) in [5, 5.41) is 15.4. The molecule has 1 heterocycles. The summed E-state index contributed by atoms with van der Waals surface area (Å²) in [6.45, 7) is 2.29. The number of nitrogens with one attached hydrogen (secondary N) is 1. The third-order valence-corrected chi connectivity index (χ3v) is 6.22. The Hall–Kier alpha value is -2.80. The van der Waals surface area contributed by atoms with Gasteiger partial charge in [0.2, 0.25) is 5.91 Å². The molecule has 4 rings (SSSR count). The van der Waals surface area contributed by atoms with E-state index in [2.05, 4.69) is 20.8 Å². The van der Waals surface area contributed by atoms with E-state index >= 15 is 0 Å². The number of hydrogen-bond donors (Lipinski definition) is 1. The zero-order valence-corrected chi connectivity index (χ0v) is 17.4. The number of amides is 1. The van der Waals surface area contributed by atoms with E-state index in [1.165, 1.54) is 22.4 Å². The Morgan fingerprint density at radius 2 is 1.90 bits per heavy atom. The molecular weight excluding hydrogens is 405 g/mol. The molecule has 1 amide bonds. The van der Waals surface area contributed by atoms with Crippen LogP contribution in [-0.4, -0.2) is 32.7 Å². The van der Waals surface area contributed by atoms with Crippen molar-refractivity contribution >= 4 is 17.5 Å². The lowest BCUT2D eigenvalue weighted by molar-refractivity contribution is -0.125. The van der Waals surface area contributed by atoms with Gasteiger partial charge in [-0.15, -0.1) is 5.10 Å². The van der Waals surface area contributed by atoms with Crippen LogP contribution >= 0.6 is 11.6 Å². The van der Waals surface area contributed by atoms with Gasteiger partial charge >= 0.3 is 0 Å². The monoisotopic (exact) mass is 427 g/mol. The molecule has 1 aliphatic rings. The van der Waals surface area contributed by atoms with Crippen molar-refractivity contribution < 1.29 is 9.18 Å². The van der Waals surface area contributed by atoms with Crippen molar-refractivity contribution in [3.63, 3.8) is 0 Å². The average molecular weight is 428 g/mol. The standard InChI is InChI=1S/C22H23ClFN5O/c1-15-26-27-28-29(15)20(13-16-3-9-19(24)10-4-16)21(30)25-14-22(11-2-12-22)17-5-7-18(23)8-6-17/h3-10,20H,2,11-14H2,1H3,(H,25,30). The number of aromatic nitrogens is 4.